The van der Waals surface area contributed by atoms with Crippen LogP contribution in [-0.4, -0.2) is 30.6 Å². The van der Waals surface area contributed by atoms with Crippen LogP contribution in [0.3, 0.4) is 0 Å². The quantitative estimate of drug-likeness (QED) is 0.369. The molecule has 0 aliphatic carbocycles. The summed E-state index contributed by atoms with van der Waals surface area (Å²) in [6.07, 6.45) is 2.40. The van der Waals surface area contributed by atoms with Gasteiger partial charge in [-0.15, -0.1) is 0 Å². The number of methoxy groups -OCH3 is 1. The zero-order valence-corrected chi connectivity index (χ0v) is 17.5. The van der Waals surface area contributed by atoms with Crippen molar-refractivity contribution >= 4 is 51.9 Å². The van der Waals surface area contributed by atoms with Crippen molar-refractivity contribution in [2.45, 2.75) is 6.42 Å². The molecule has 1 saturated heterocycles. The Morgan fingerprint density at radius 3 is 2.57 bits per heavy atom. The Kier molecular flexibility index (Phi) is 7.19. The molecule has 0 spiro atoms. The van der Waals surface area contributed by atoms with E-state index < -0.39 is 0 Å². The van der Waals surface area contributed by atoms with Crippen molar-refractivity contribution in [2.75, 3.05) is 20.3 Å². The predicted molar refractivity (Wildman–Crippen MR) is 116 cm³/mol. The van der Waals surface area contributed by atoms with E-state index in [1.165, 1.54) is 11.8 Å². The largest absolute Gasteiger partial charge is 0.493 e. The zero-order valence-electron chi connectivity index (χ0n) is 15.1. The van der Waals surface area contributed by atoms with Gasteiger partial charge in [-0.2, -0.15) is 0 Å². The lowest BCUT2D eigenvalue weighted by Gasteiger charge is -2.14. The van der Waals surface area contributed by atoms with Gasteiger partial charge < -0.3 is 19.5 Å². The molecule has 3 rings (SSSR count). The summed E-state index contributed by atoms with van der Waals surface area (Å²) in [5, 5.41) is 3.18. The highest BCUT2D eigenvalue weighted by Crippen LogP contribution is 2.35. The monoisotopic (exact) mass is 435 g/mol. The Hall–Kier alpha value is -2.22. The van der Waals surface area contributed by atoms with E-state index in [0.29, 0.717) is 51.1 Å². The summed E-state index contributed by atoms with van der Waals surface area (Å²) in [4.78, 5) is 12.4. The molecular weight excluding hydrogens is 418 g/mol. The van der Waals surface area contributed by atoms with Crippen LogP contribution in [0.25, 0.3) is 6.08 Å². The molecule has 0 atom stereocenters. The Morgan fingerprint density at radius 1 is 1.11 bits per heavy atom. The van der Waals surface area contributed by atoms with E-state index in [9.17, 15) is 4.79 Å². The normalized spacial score (nSPS) is 14.9. The van der Waals surface area contributed by atoms with Gasteiger partial charge in [-0.05, 0) is 24.3 Å². The number of benzene rings is 2. The number of rotatable bonds is 8. The van der Waals surface area contributed by atoms with Crippen LogP contribution in [0.15, 0.2) is 47.4 Å². The van der Waals surface area contributed by atoms with Gasteiger partial charge >= 0.3 is 0 Å². The molecule has 0 unspecified atom stereocenters. The van der Waals surface area contributed by atoms with E-state index in [1.807, 2.05) is 36.4 Å². The molecule has 146 valence electrons. The minimum atomic E-state index is -0.211. The van der Waals surface area contributed by atoms with Crippen molar-refractivity contribution in [3.8, 4) is 17.2 Å². The predicted octanol–water partition coefficient (Wildman–Crippen LogP) is 4.69. The molecule has 0 saturated carbocycles. The van der Waals surface area contributed by atoms with E-state index >= 15 is 0 Å². The molecule has 5 nitrogen and oxygen atoms in total. The van der Waals surface area contributed by atoms with E-state index in [0.717, 1.165) is 5.56 Å². The molecule has 1 N–H and O–H groups in total. The van der Waals surface area contributed by atoms with Gasteiger partial charge in [0.25, 0.3) is 5.91 Å². The Labute approximate surface area is 178 Å². The van der Waals surface area contributed by atoms with Gasteiger partial charge in [0.15, 0.2) is 11.5 Å². The second-order valence-corrected chi connectivity index (χ2v) is 7.84. The van der Waals surface area contributed by atoms with Gasteiger partial charge in [-0.25, -0.2) is 0 Å². The van der Waals surface area contributed by atoms with Crippen LogP contribution in [0.4, 0.5) is 0 Å². The standard InChI is InChI=1S/C20H18ClNO4S2/c1-24-16-9-4-6-13(12-17-19(23)22-20(27)28-17)18(16)26-11-5-10-25-15-8-3-2-7-14(15)21/h2-4,6-9,12H,5,10-11H2,1H3,(H,22,23,27). The molecule has 2 aromatic rings. The summed E-state index contributed by atoms with van der Waals surface area (Å²) in [6, 6.07) is 12.8. The van der Waals surface area contributed by atoms with Crippen LogP contribution in [-0.2, 0) is 4.79 Å². The molecule has 28 heavy (non-hydrogen) atoms. The number of hydrogen-bond acceptors (Lipinski definition) is 6. The first-order valence-corrected chi connectivity index (χ1v) is 10.1. The van der Waals surface area contributed by atoms with Crippen molar-refractivity contribution in [1.29, 1.82) is 0 Å². The van der Waals surface area contributed by atoms with Crippen molar-refractivity contribution < 1.29 is 19.0 Å². The number of ether oxygens (including phenoxy) is 3. The van der Waals surface area contributed by atoms with Crippen LogP contribution < -0.4 is 19.5 Å². The van der Waals surface area contributed by atoms with Gasteiger partial charge in [0.2, 0.25) is 0 Å². The average Bonchev–Trinajstić information content (AvgIpc) is 3.00. The molecular formula is C20H18ClNO4S2. The van der Waals surface area contributed by atoms with Gasteiger partial charge in [0.05, 0.1) is 30.3 Å². The molecule has 1 fully saturated rings. The first-order valence-electron chi connectivity index (χ1n) is 8.50. The average molecular weight is 436 g/mol. The minimum Gasteiger partial charge on any atom is -0.493 e. The SMILES string of the molecule is COc1cccc(C=C2SC(=S)NC2=O)c1OCCCOc1ccccc1Cl. The zero-order chi connectivity index (χ0) is 19.9. The lowest BCUT2D eigenvalue weighted by Crippen LogP contribution is -2.17. The highest BCUT2D eigenvalue weighted by atomic mass is 35.5. The summed E-state index contributed by atoms with van der Waals surface area (Å²) in [6.45, 7) is 0.876. The highest BCUT2D eigenvalue weighted by Gasteiger charge is 2.23. The smallest absolute Gasteiger partial charge is 0.263 e. The molecule has 8 heteroatoms. The lowest BCUT2D eigenvalue weighted by atomic mass is 10.1. The summed E-state index contributed by atoms with van der Waals surface area (Å²) in [5.74, 6) is 1.60. The first-order chi connectivity index (χ1) is 13.6. The number of para-hydroxylation sites is 2. The summed E-state index contributed by atoms with van der Waals surface area (Å²) >= 11 is 12.3. The Balaban J connectivity index is 1.64. The van der Waals surface area contributed by atoms with Gasteiger partial charge in [0.1, 0.15) is 10.1 Å². The number of halogens is 1. The minimum absolute atomic E-state index is 0.211. The van der Waals surface area contributed by atoms with E-state index in [2.05, 4.69) is 5.32 Å². The molecule has 0 aromatic heterocycles. The molecule has 1 aliphatic rings. The number of carbonyl (C=O) groups excluding carboxylic acids is 1. The van der Waals surface area contributed by atoms with Crippen molar-refractivity contribution in [1.82, 2.24) is 5.32 Å². The number of nitrogens with one attached hydrogen (secondary N) is 1. The van der Waals surface area contributed by atoms with Crippen LogP contribution in [0.2, 0.25) is 5.02 Å². The van der Waals surface area contributed by atoms with Crippen molar-refractivity contribution in [2.24, 2.45) is 0 Å². The molecule has 1 heterocycles. The Bertz CT molecular complexity index is 917. The van der Waals surface area contributed by atoms with Crippen LogP contribution in [0.5, 0.6) is 17.2 Å². The number of thioether (sulfide) groups is 1. The molecule has 0 radical (unpaired) electrons. The van der Waals surface area contributed by atoms with Gasteiger partial charge in [-0.3, -0.25) is 4.79 Å². The maximum atomic E-state index is 11.9. The third kappa shape index (κ3) is 5.19. The second kappa shape index (κ2) is 9.82. The second-order valence-electron chi connectivity index (χ2n) is 5.71. The Morgan fingerprint density at radius 2 is 1.86 bits per heavy atom. The molecule has 1 aliphatic heterocycles. The molecule has 1 amide bonds. The van der Waals surface area contributed by atoms with Crippen LogP contribution in [0, 0.1) is 0 Å². The van der Waals surface area contributed by atoms with Gasteiger partial charge in [-0.1, -0.05) is 59.8 Å². The van der Waals surface area contributed by atoms with Gasteiger partial charge in [0, 0.05) is 12.0 Å². The van der Waals surface area contributed by atoms with Crippen molar-refractivity contribution in [3.05, 3.63) is 58.0 Å². The number of hydrogen-bond donors (Lipinski definition) is 1. The number of thiocarbonyl (C=S) groups is 1. The third-order valence-corrected chi connectivity index (χ3v) is 5.26. The fourth-order valence-corrected chi connectivity index (χ4v) is 3.73. The van der Waals surface area contributed by atoms with Crippen molar-refractivity contribution in [3.63, 3.8) is 0 Å². The van der Waals surface area contributed by atoms with E-state index in [1.54, 1.807) is 19.3 Å². The summed E-state index contributed by atoms with van der Waals surface area (Å²) in [7, 11) is 1.58. The first kappa shape index (κ1) is 20.5. The fraction of sp³-hybridized carbons (Fsp3) is 0.200. The lowest BCUT2D eigenvalue weighted by molar-refractivity contribution is -0.115. The maximum Gasteiger partial charge on any atom is 0.263 e. The van der Waals surface area contributed by atoms with Crippen LogP contribution in [0.1, 0.15) is 12.0 Å². The summed E-state index contributed by atoms with van der Waals surface area (Å²) < 4.78 is 17.5. The van der Waals surface area contributed by atoms with E-state index in [4.69, 9.17) is 38.0 Å². The maximum absolute atomic E-state index is 11.9. The molecule has 0 bridgehead atoms. The fourth-order valence-electron chi connectivity index (χ4n) is 2.50. The summed E-state index contributed by atoms with van der Waals surface area (Å²) in [5.41, 5.74) is 0.744. The van der Waals surface area contributed by atoms with E-state index in [-0.39, 0.29) is 5.91 Å². The number of carbonyl (C=O) groups is 1. The number of amides is 1. The highest BCUT2D eigenvalue weighted by molar-refractivity contribution is 8.26. The van der Waals surface area contributed by atoms with Crippen LogP contribution >= 0.6 is 35.6 Å². The third-order valence-electron chi connectivity index (χ3n) is 3.79. The molecule has 2 aromatic carbocycles. The topological polar surface area (TPSA) is 56.8 Å².